The van der Waals surface area contributed by atoms with Crippen LogP contribution in [0, 0.1) is 11.8 Å². The molecule has 0 amide bonds. The summed E-state index contributed by atoms with van der Waals surface area (Å²) in [5.41, 5.74) is -0.555. The Hall–Kier alpha value is -0.120. The normalized spacial score (nSPS) is 42.2. The van der Waals surface area contributed by atoms with Crippen molar-refractivity contribution in [2.45, 2.75) is 70.6 Å². The highest BCUT2D eigenvalue weighted by Crippen LogP contribution is 2.35. The summed E-state index contributed by atoms with van der Waals surface area (Å²) in [7, 11) is 0. The zero-order valence-electron chi connectivity index (χ0n) is 12.1. The highest BCUT2D eigenvalue weighted by atomic mass is 16.5. The van der Waals surface area contributed by atoms with Crippen LogP contribution < -0.4 is 5.32 Å². The summed E-state index contributed by atoms with van der Waals surface area (Å²) in [4.78, 5) is 0. The van der Waals surface area contributed by atoms with Crippen molar-refractivity contribution in [1.29, 1.82) is 0 Å². The molecular formula is C15H29NO2. The zero-order chi connectivity index (χ0) is 13.2. The molecule has 0 bridgehead atoms. The smallest absolute Gasteiger partial charge is 0.0846 e. The van der Waals surface area contributed by atoms with Gasteiger partial charge >= 0.3 is 0 Å². The summed E-state index contributed by atoms with van der Waals surface area (Å²) >= 11 is 0. The van der Waals surface area contributed by atoms with E-state index in [1.165, 1.54) is 12.8 Å². The van der Waals surface area contributed by atoms with E-state index in [-0.39, 0.29) is 12.1 Å². The topological polar surface area (TPSA) is 41.5 Å². The van der Waals surface area contributed by atoms with Gasteiger partial charge < -0.3 is 15.2 Å². The van der Waals surface area contributed by atoms with Crippen molar-refractivity contribution in [2.24, 2.45) is 11.8 Å². The fourth-order valence-corrected chi connectivity index (χ4v) is 3.42. The number of ether oxygens (including phenoxy) is 1. The minimum atomic E-state index is -0.555. The number of hydrogen-bond donors (Lipinski definition) is 2. The van der Waals surface area contributed by atoms with E-state index in [9.17, 15) is 5.11 Å². The Kier molecular flexibility index (Phi) is 4.68. The highest BCUT2D eigenvalue weighted by Gasteiger charge is 2.43. The van der Waals surface area contributed by atoms with Crippen LogP contribution in [0.3, 0.4) is 0 Å². The van der Waals surface area contributed by atoms with E-state index in [1.807, 2.05) is 0 Å². The van der Waals surface area contributed by atoms with Gasteiger partial charge in [-0.3, -0.25) is 0 Å². The molecule has 2 aliphatic rings. The van der Waals surface area contributed by atoms with Gasteiger partial charge in [-0.15, -0.1) is 0 Å². The average molecular weight is 255 g/mol. The lowest BCUT2D eigenvalue weighted by Crippen LogP contribution is -2.58. The van der Waals surface area contributed by atoms with Crippen molar-refractivity contribution in [3.05, 3.63) is 0 Å². The predicted molar refractivity (Wildman–Crippen MR) is 73.6 cm³/mol. The minimum Gasteiger partial charge on any atom is -0.388 e. The fourth-order valence-electron chi connectivity index (χ4n) is 3.42. The van der Waals surface area contributed by atoms with Crippen molar-refractivity contribution in [2.75, 3.05) is 13.2 Å². The van der Waals surface area contributed by atoms with Gasteiger partial charge in [0.05, 0.1) is 11.7 Å². The van der Waals surface area contributed by atoms with Gasteiger partial charge in [-0.2, -0.15) is 0 Å². The molecule has 0 aromatic rings. The molecule has 0 radical (unpaired) electrons. The Bertz CT molecular complexity index is 269. The van der Waals surface area contributed by atoms with Crippen molar-refractivity contribution < 1.29 is 9.84 Å². The molecule has 4 unspecified atom stereocenters. The lowest BCUT2D eigenvalue weighted by atomic mass is 9.75. The van der Waals surface area contributed by atoms with Crippen molar-refractivity contribution in [3.63, 3.8) is 0 Å². The third-order valence-corrected chi connectivity index (χ3v) is 4.90. The molecule has 2 aliphatic heterocycles. The summed E-state index contributed by atoms with van der Waals surface area (Å²) in [6, 6.07) is 0.265. The molecule has 2 saturated heterocycles. The minimum absolute atomic E-state index is 0.215. The Labute approximate surface area is 111 Å². The van der Waals surface area contributed by atoms with E-state index in [0.29, 0.717) is 12.5 Å². The van der Waals surface area contributed by atoms with Crippen LogP contribution in [0.1, 0.15) is 52.9 Å². The molecule has 2 N–H and O–H groups in total. The Balaban J connectivity index is 2.00. The molecule has 2 rings (SSSR count). The number of piperidine rings is 1. The maximum Gasteiger partial charge on any atom is 0.0846 e. The quantitative estimate of drug-likeness (QED) is 0.813. The Morgan fingerprint density at radius 3 is 2.89 bits per heavy atom. The lowest BCUT2D eigenvalue weighted by Gasteiger charge is -2.46. The van der Waals surface area contributed by atoms with Gasteiger partial charge in [0.15, 0.2) is 0 Å². The van der Waals surface area contributed by atoms with Crippen LogP contribution >= 0.6 is 0 Å². The van der Waals surface area contributed by atoms with Crippen LogP contribution in [0.4, 0.5) is 0 Å². The van der Waals surface area contributed by atoms with E-state index < -0.39 is 5.60 Å². The molecule has 0 aromatic heterocycles. The molecule has 4 atom stereocenters. The van der Waals surface area contributed by atoms with Gasteiger partial charge in [-0.1, -0.05) is 27.2 Å². The summed E-state index contributed by atoms with van der Waals surface area (Å²) in [5.74, 6) is 1.27. The zero-order valence-corrected chi connectivity index (χ0v) is 12.1. The standard InChI is InChI=1S/C15H29NO2/c1-4-12-5-7-16-14(9-12)15(17)6-8-18-13(10-15)11(2)3/h11-14,16-17H,4-10H2,1-3H3. The molecule has 0 aromatic carbocycles. The third-order valence-electron chi connectivity index (χ3n) is 4.90. The second-order valence-corrected chi connectivity index (χ2v) is 6.52. The van der Waals surface area contributed by atoms with Crippen LogP contribution in [0.25, 0.3) is 0 Å². The van der Waals surface area contributed by atoms with E-state index >= 15 is 0 Å². The van der Waals surface area contributed by atoms with Crippen molar-refractivity contribution in [3.8, 4) is 0 Å². The highest BCUT2D eigenvalue weighted by molar-refractivity contribution is 4.98. The Morgan fingerprint density at radius 2 is 2.22 bits per heavy atom. The maximum atomic E-state index is 11.0. The van der Waals surface area contributed by atoms with Gasteiger partial charge in [0.2, 0.25) is 0 Å². The van der Waals surface area contributed by atoms with Crippen LogP contribution in [0.5, 0.6) is 0 Å². The van der Waals surface area contributed by atoms with E-state index in [0.717, 1.165) is 31.7 Å². The van der Waals surface area contributed by atoms with Crippen molar-refractivity contribution >= 4 is 0 Å². The van der Waals surface area contributed by atoms with Crippen LogP contribution in [0.2, 0.25) is 0 Å². The predicted octanol–water partition coefficient (Wildman–Crippen LogP) is 2.33. The third kappa shape index (κ3) is 3.06. The summed E-state index contributed by atoms with van der Waals surface area (Å²) in [5, 5.41) is 14.5. The van der Waals surface area contributed by atoms with E-state index in [1.54, 1.807) is 0 Å². The van der Waals surface area contributed by atoms with E-state index in [4.69, 9.17) is 4.74 Å². The van der Waals surface area contributed by atoms with Crippen LogP contribution in [0.15, 0.2) is 0 Å². The fraction of sp³-hybridized carbons (Fsp3) is 1.00. The molecule has 3 heteroatoms. The van der Waals surface area contributed by atoms with Gasteiger partial charge in [0.1, 0.15) is 0 Å². The lowest BCUT2D eigenvalue weighted by molar-refractivity contribution is -0.137. The first-order valence-electron chi connectivity index (χ1n) is 7.62. The molecule has 0 spiro atoms. The van der Waals surface area contributed by atoms with Gasteiger partial charge in [-0.05, 0) is 31.2 Å². The molecular weight excluding hydrogens is 226 g/mol. The first-order valence-corrected chi connectivity index (χ1v) is 7.62. The summed E-state index contributed by atoms with van der Waals surface area (Å²) in [6.07, 6.45) is 5.40. The first-order chi connectivity index (χ1) is 8.55. The second-order valence-electron chi connectivity index (χ2n) is 6.52. The molecule has 0 saturated carbocycles. The molecule has 0 aliphatic carbocycles. The van der Waals surface area contributed by atoms with Gasteiger partial charge in [0, 0.05) is 25.5 Å². The average Bonchev–Trinajstić information content (AvgIpc) is 2.39. The molecule has 18 heavy (non-hydrogen) atoms. The number of rotatable bonds is 3. The molecule has 106 valence electrons. The van der Waals surface area contributed by atoms with Crippen LogP contribution in [-0.4, -0.2) is 36.0 Å². The van der Waals surface area contributed by atoms with Crippen molar-refractivity contribution in [1.82, 2.24) is 5.32 Å². The number of hydrogen-bond acceptors (Lipinski definition) is 3. The van der Waals surface area contributed by atoms with Crippen LogP contribution in [-0.2, 0) is 4.74 Å². The van der Waals surface area contributed by atoms with Gasteiger partial charge in [-0.25, -0.2) is 0 Å². The number of nitrogens with one attached hydrogen (secondary N) is 1. The second kappa shape index (κ2) is 5.89. The molecule has 2 fully saturated rings. The SMILES string of the molecule is CCC1CCNC(C2(O)CCOC(C(C)C)C2)C1. The first kappa shape index (κ1) is 14.3. The largest absolute Gasteiger partial charge is 0.388 e. The molecule has 2 heterocycles. The maximum absolute atomic E-state index is 11.0. The summed E-state index contributed by atoms with van der Waals surface area (Å²) < 4.78 is 5.79. The monoisotopic (exact) mass is 255 g/mol. The van der Waals surface area contributed by atoms with Gasteiger partial charge in [0.25, 0.3) is 0 Å². The summed E-state index contributed by atoms with van der Waals surface area (Å²) in [6.45, 7) is 8.38. The molecule has 3 nitrogen and oxygen atoms in total. The van der Waals surface area contributed by atoms with E-state index in [2.05, 4.69) is 26.1 Å². The number of aliphatic hydroxyl groups is 1. The Morgan fingerprint density at radius 1 is 1.44 bits per heavy atom.